The number of hydrogen-bond donors (Lipinski definition) is 2. The maximum Gasteiger partial charge on any atom is 0.293 e. The summed E-state index contributed by atoms with van der Waals surface area (Å²) in [5, 5.41) is 16.2. The van der Waals surface area contributed by atoms with E-state index in [0.717, 1.165) is 49.4 Å². The molecule has 5 aromatic carbocycles. The van der Waals surface area contributed by atoms with Crippen molar-refractivity contribution in [3.63, 3.8) is 0 Å². The SMILES string of the molecule is O=[N+]([O-])c1cc(S(=O)(=O)Nc2ncnc3cc(N4CCN(Cc5ccccc5-c5ccccc5)CC4)ccc23)ccc1N[C@H](CCn1ccnc1)CSc1ccccc1. The van der Waals surface area contributed by atoms with Crippen molar-refractivity contribution in [2.75, 3.05) is 46.9 Å². The molecular formula is C44H43N9O4S2. The number of nitro groups is 1. The van der Waals surface area contributed by atoms with E-state index < -0.39 is 14.9 Å². The Hall–Kier alpha value is -6.29. The van der Waals surface area contributed by atoms with Gasteiger partial charge in [0.25, 0.3) is 15.7 Å². The summed E-state index contributed by atoms with van der Waals surface area (Å²) in [6.07, 6.45) is 7.27. The summed E-state index contributed by atoms with van der Waals surface area (Å²) in [4.78, 5) is 30.2. The number of piperazine rings is 1. The van der Waals surface area contributed by atoms with Gasteiger partial charge in [-0.2, -0.15) is 0 Å². The zero-order valence-corrected chi connectivity index (χ0v) is 33.8. The maximum atomic E-state index is 13.8. The minimum Gasteiger partial charge on any atom is -0.376 e. The van der Waals surface area contributed by atoms with Gasteiger partial charge in [-0.3, -0.25) is 19.7 Å². The van der Waals surface area contributed by atoms with Gasteiger partial charge in [-0.15, -0.1) is 11.8 Å². The van der Waals surface area contributed by atoms with E-state index >= 15 is 0 Å². The van der Waals surface area contributed by atoms with Crippen molar-refractivity contribution in [3.05, 3.63) is 162 Å². The normalized spacial score (nSPS) is 13.9. The van der Waals surface area contributed by atoms with Crippen molar-refractivity contribution in [2.24, 2.45) is 0 Å². The van der Waals surface area contributed by atoms with E-state index in [9.17, 15) is 18.5 Å². The first-order valence-electron chi connectivity index (χ1n) is 19.4. The van der Waals surface area contributed by atoms with E-state index in [4.69, 9.17) is 0 Å². The van der Waals surface area contributed by atoms with Crippen molar-refractivity contribution in [3.8, 4) is 11.1 Å². The van der Waals surface area contributed by atoms with Crippen LogP contribution in [0.5, 0.6) is 0 Å². The number of nitrogens with one attached hydrogen (secondary N) is 2. The van der Waals surface area contributed by atoms with E-state index in [-0.39, 0.29) is 28.1 Å². The Labute approximate surface area is 347 Å². The predicted octanol–water partition coefficient (Wildman–Crippen LogP) is 8.19. The number of thioether (sulfide) groups is 1. The molecule has 8 rings (SSSR count). The molecule has 1 saturated heterocycles. The molecule has 59 heavy (non-hydrogen) atoms. The summed E-state index contributed by atoms with van der Waals surface area (Å²) in [5.41, 5.74) is 5.21. The number of nitrogens with zero attached hydrogens (tertiary/aromatic N) is 7. The van der Waals surface area contributed by atoms with Gasteiger partial charge in [0.2, 0.25) is 0 Å². The van der Waals surface area contributed by atoms with Crippen LogP contribution in [0.25, 0.3) is 22.0 Å². The van der Waals surface area contributed by atoms with Gasteiger partial charge in [0.1, 0.15) is 12.0 Å². The zero-order chi connectivity index (χ0) is 40.6. The second kappa shape index (κ2) is 18.1. The van der Waals surface area contributed by atoms with Gasteiger partial charge in [-0.25, -0.2) is 23.4 Å². The smallest absolute Gasteiger partial charge is 0.293 e. The molecule has 1 aliphatic rings. The fourth-order valence-corrected chi connectivity index (χ4v) is 9.32. The molecule has 0 radical (unpaired) electrons. The number of aryl methyl sites for hydroxylation is 1. The Kier molecular flexibility index (Phi) is 12.1. The van der Waals surface area contributed by atoms with Gasteiger partial charge in [0.05, 0.1) is 21.7 Å². The average Bonchev–Trinajstić information content (AvgIpc) is 3.79. The number of rotatable bonds is 16. The number of anilines is 3. The second-order valence-electron chi connectivity index (χ2n) is 14.3. The Morgan fingerprint density at radius 2 is 1.61 bits per heavy atom. The topological polar surface area (TPSA) is 151 Å². The number of imidazole rings is 1. The van der Waals surface area contributed by atoms with Crippen LogP contribution in [0.15, 0.2) is 156 Å². The van der Waals surface area contributed by atoms with Gasteiger partial charge in [-0.1, -0.05) is 72.8 Å². The van der Waals surface area contributed by atoms with E-state index in [0.29, 0.717) is 29.6 Å². The Morgan fingerprint density at radius 3 is 2.37 bits per heavy atom. The molecule has 15 heteroatoms. The molecule has 1 atom stereocenters. The number of aromatic nitrogens is 4. The maximum absolute atomic E-state index is 13.8. The van der Waals surface area contributed by atoms with Crippen LogP contribution in [0.1, 0.15) is 12.0 Å². The molecule has 0 bridgehead atoms. The number of hydrogen-bond acceptors (Lipinski definition) is 11. The minimum absolute atomic E-state index is 0.0887. The quantitative estimate of drug-likeness (QED) is 0.0552. The van der Waals surface area contributed by atoms with Crippen LogP contribution < -0.4 is 14.9 Å². The van der Waals surface area contributed by atoms with Gasteiger partial charge >= 0.3 is 0 Å². The first-order valence-corrected chi connectivity index (χ1v) is 21.8. The first-order chi connectivity index (χ1) is 28.8. The molecule has 7 aromatic rings. The molecule has 0 aliphatic carbocycles. The molecule has 2 N–H and O–H groups in total. The minimum atomic E-state index is -4.28. The molecular weight excluding hydrogens is 783 g/mol. The number of nitro benzene ring substituents is 1. The molecule has 0 saturated carbocycles. The molecule has 3 heterocycles. The Morgan fingerprint density at radius 1 is 0.847 bits per heavy atom. The largest absolute Gasteiger partial charge is 0.376 e. The monoisotopic (exact) mass is 825 g/mol. The lowest BCUT2D eigenvalue weighted by molar-refractivity contribution is -0.384. The van der Waals surface area contributed by atoms with Crippen LogP contribution >= 0.6 is 11.8 Å². The summed E-state index contributed by atoms with van der Waals surface area (Å²) in [5.74, 6) is 0.714. The third kappa shape index (κ3) is 9.71. The highest BCUT2D eigenvalue weighted by Gasteiger charge is 2.25. The summed E-state index contributed by atoms with van der Waals surface area (Å²) in [7, 11) is -4.28. The fraction of sp³-hybridized carbons (Fsp3) is 0.205. The molecule has 0 unspecified atom stereocenters. The van der Waals surface area contributed by atoms with Crippen LogP contribution in [0.3, 0.4) is 0 Å². The molecule has 0 spiro atoms. The van der Waals surface area contributed by atoms with Crippen molar-refractivity contribution < 1.29 is 13.3 Å². The third-order valence-electron chi connectivity index (χ3n) is 10.4. The standard InChI is InChI=1S/C44H43N9O4S2/c54-53(55)43-28-38(16-18-41(43)48-35(19-21-51-22-20-45-32-51)30-58-37-12-5-2-6-13-37)59(56,57)49-44-40-17-15-36(27-42(40)46-31-47-44)52-25-23-50(24-26-52)29-34-11-7-8-14-39(34)33-9-3-1-4-10-33/h1-18,20,22,27-28,31-32,35,48H,19,21,23-26,29-30H2,(H,46,47,49)/t35-/m1/s1. The number of sulfonamides is 1. The van der Waals surface area contributed by atoms with Crippen molar-refractivity contribution >= 4 is 55.6 Å². The lowest BCUT2D eigenvalue weighted by Crippen LogP contribution is -2.46. The lowest BCUT2D eigenvalue weighted by atomic mass is 9.99. The molecule has 1 aliphatic heterocycles. The van der Waals surface area contributed by atoms with E-state index in [1.807, 2.05) is 65.4 Å². The van der Waals surface area contributed by atoms with E-state index in [2.05, 4.69) is 83.3 Å². The van der Waals surface area contributed by atoms with Crippen LogP contribution in [0.4, 0.5) is 22.9 Å². The molecule has 1 fully saturated rings. The summed E-state index contributed by atoms with van der Waals surface area (Å²) in [6, 6.07) is 38.4. The Bertz CT molecular complexity index is 2630. The number of benzene rings is 5. The van der Waals surface area contributed by atoms with Crippen LogP contribution in [0, 0.1) is 10.1 Å². The van der Waals surface area contributed by atoms with Gasteiger partial charge < -0.3 is 14.8 Å². The molecule has 2 aromatic heterocycles. The number of fused-ring (bicyclic) bond motifs is 1. The average molecular weight is 826 g/mol. The fourth-order valence-electron chi connectivity index (χ4n) is 7.28. The van der Waals surface area contributed by atoms with Crippen molar-refractivity contribution in [2.45, 2.75) is 35.3 Å². The van der Waals surface area contributed by atoms with E-state index in [1.54, 1.807) is 24.3 Å². The highest BCUT2D eigenvalue weighted by Crippen LogP contribution is 2.33. The molecule has 13 nitrogen and oxygen atoms in total. The highest BCUT2D eigenvalue weighted by molar-refractivity contribution is 7.99. The van der Waals surface area contributed by atoms with E-state index in [1.165, 1.54) is 35.2 Å². The summed E-state index contributed by atoms with van der Waals surface area (Å²) >= 11 is 1.64. The molecule has 300 valence electrons. The first kappa shape index (κ1) is 39.5. The van der Waals surface area contributed by atoms with Gasteiger partial charge in [0, 0.05) is 85.5 Å². The lowest BCUT2D eigenvalue weighted by Gasteiger charge is -2.36. The van der Waals surface area contributed by atoms with Crippen LogP contribution in [-0.4, -0.2) is 75.7 Å². The third-order valence-corrected chi connectivity index (χ3v) is 12.9. The van der Waals surface area contributed by atoms with Crippen molar-refractivity contribution in [1.29, 1.82) is 0 Å². The second-order valence-corrected chi connectivity index (χ2v) is 17.1. The van der Waals surface area contributed by atoms with Crippen LogP contribution in [-0.2, 0) is 23.1 Å². The Balaban J connectivity index is 0.943. The summed E-state index contributed by atoms with van der Waals surface area (Å²) < 4.78 is 32.1. The van der Waals surface area contributed by atoms with Gasteiger partial charge in [-0.05, 0) is 65.6 Å². The van der Waals surface area contributed by atoms with Crippen molar-refractivity contribution in [1.82, 2.24) is 24.4 Å². The zero-order valence-electron chi connectivity index (χ0n) is 32.2. The van der Waals surface area contributed by atoms with Gasteiger partial charge in [0.15, 0.2) is 5.82 Å². The summed E-state index contributed by atoms with van der Waals surface area (Å²) in [6.45, 7) is 4.92. The predicted molar refractivity (Wildman–Crippen MR) is 234 cm³/mol. The molecule has 0 amide bonds. The highest BCUT2D eigenvalue weighted by atomic mass is 32.2. The van der Waals surface area contributed by atoms with Crippen LogP contribution in [0.2, 0.25) is 0 Å².